The van der Waals surface area contributed by atoms with Gasteiger partial charge in [0.15, 0.2) is 5.60 Å². The number of halogens is 3. The number of rotatable bonds is 11. The van der Waals surface area contributed by atoms with Crippen LogP contribution in [-0.2, 0) is 17.4 Å². The van der Waals surface area contributed by atoms with Gasteiger partial charge in [-0.1, -0.05) is 45.0 Å². The van der Waals surface area contributed by atoms with Gasteiger partial charge in [0.1, 0.15) is 5.75 Å². The van der Waals surface area contributed by atoms with E-state index in [-0.39, 0.29) is 12.0 Å². The number of hydrogen-bond donors (Lipinski definition) is 1. The summed E-state index contributed by atoms with van der Waals surface area (Å²) in [6.07, 6.45) is -3.23. The zero-order chi connectivity index (χ0) is 27.4. The highest BCUT2D eigenvalue weighted by molar-refractivity contribution is 5.76. The first-order valence-corrected chi connectivity index (χ1v) is 12.1. The number of aromatic nitrogens is 2. The van der Waals surface area contributed by atoms with Crippen molar-refractivity contribution in [2.75, 3.05) is 11.4 Å². The Labute approximate surface area is 214 Å². The van der Waals surface area contributed by atoms with Crippen molar-refractivity contribution in [3.63, 3.8) is 0 Å². The van der Waals surface area contributed by atoms with Crippen molar-refractivity contribution >= 4 is 11.9 Å². The molecule has 0 bridgehead atoms. The predicted octanol–water partition coefficient (Wildman–Crippen LogP) is 6.65. The summed E-state index contributed by atoms with van der Waals surface area (Å²) >= 11 is 0. The van der Waals surface area contributed by atoms with E-state index in [9.17, 15) is 23.1 Å². The van der Waals surface area contributed by atoms with Gasteiger partial charge in [-0.25, -0.2) is 4.79 Å². The van der Waals surface area contributed by atoms with E-state index >= 15 is 0 Å². The minimum atomic E-state index is -4.41. The second-order valence-corrected chi connectivity index (χ2v) is 9.64. The topological polar surface area (TPSA) is 88.7 Å². The molecule has 0 saturated carbocycles. The Balaban J connectivity index is 1.84. The minimum Gasteiger partial charge on any atom is -0.478 e. The fourth-order valence-corrected chi connectivity index (χ4v) is 3.82. The number of benzene rings is 2. The van der Waals surface area contributed by atoms with Gasteiger partial charge in [-0.15, -0.1) is 0 Å². The molecule has 1 N–H and O–H groups in total. The Morgan fingerprint density at radius 2 is 1.70 bits per heavy atom. The largest absolute Gasteiger partial charge is 0.478 e. The summed E-state index contributed by atoms with van der Waals surface area (Å²) in [5.74, 6) is 0.242. The summed E-state index contributed by atoms with van der Waals surface area (Å²) in [6.45, 7) is 9.24. The Kier molecular flexibility index (Phi) is 8.50. The van der Waals surface area contributed by atoms with Gasteiger partial charge in [0.2, 0.25) is 5.89 Å². The molecule has 1 atom stereocenters. The van der Waals surface area contributed by atoms with E-state index in [2.05, 4.69) is 10.1 Å². The number of hydrogen-bond acceptors (Lipinski definition) is 6. The van der Waals surface area contributed by atoms with Crippen LogP contribution in [0.15, 0.2) is 53.1 Å². The van der Waals surface area contributed by atoms with Crippen LogP contribution in [0, 0.1) is 0 Å². The van der Waals surface area contributed by atoms with Gasteiger partial charge in [-0.2, -0.15) is 18.2 Å². The number of anilines is 1. The molecule has 10 heteroatoms. The second kappa shape index (κ2) is 11.2. The molecule has 0 aliphatic carbocycles. The van der Waals surface area contributed by atoms with E-state index in [4.69, 9.17) is 9.26 Å². The van der Waals surface area contributed by atoms with Gasteiger partial charge in [-0.3, -0.25) is 0 Å². The Hall–Kier alpha value is -3.56. The van der Waals surface area contributed by atoms with Crippen molar-refractivity contribution in [1.29, 1.82) is 0 Å². The third kappa shape index (κ3) is 7.02. The number of carboxylic acids is 1. The molecule has 0 fully saturated rings. The van der Waals surface area contributed by atoms with Crippen molar-refractivity contribution < 1.29 is 32.3 Å². The van der Waals surface area contributed by atoms with Crippen LogP contribution in [0.25, 0.3) is 0 Å². The lowest BCUT2D eigenvalue weighted by molar-refractivity contribution is -0.152. The van der Waals surface area contributed by atoms with E-state index in [1.807, 2.05) is 37.8 Å². The molecule has 1 aromatic heterocycles. The predicted molar refractivity (Wildman–Crippen MR) is 133 cm³/mol. The van der Waals surface area contributed by atoms with Crippen LogP contribution in [0.2, 0.25) is 0 Å². The van der Waals surface area contributed by atoms with Crippen molar-refractivity contribution in [2.45, 2.75) is 71.2 Å². The first kappa shape index (κ1) is 28.0. The molecule has 1 heterocycles. The fraction of sp³-hybridized carbons (Fsp3) is 0.444. The number of nitrogens with zero attached hydrogens (tertiary/aromatic N) is 3. The first-order chi connectivity index (χ1) is 17.3. The van der Waals surface area contributed by atoms with E-state index in [1.54, 1.807) is 12.1 Å². The number of aliphatic carboxylic acids is 1. The average Bonchev–Trinajstić information content (AvgIpc) is 3.32. The Morgan fingerprint density at radius 3 is 2.19 bits per heavy atom. The molecule has 0 saturated heterocycles. The van der Waals surface area contributed by atoms with Crippen LogP contribution in [0.1, 0.15) is 75.6 Å². The summed E-state index contributed by atoms with van der Waals surface area (Å²) < 4.78 is 50.3. The van der Waals surface area contributed by atoms with Crippen LogP contribution < -0.4 is 9.64 Å². The fourth-order valence-electron chi connectivity index (χ4n) is 3.82. The molecule has 2 aromatic carbocycles. The summed E-state index contributed by atoms with van der Waals surface area (Å²) in [5, 5.41) is 13.4. The number of ether oxygens (including phenoxy) is 1. The lowest BCUT2D eigenvalue weighted by Crippen LogP contribution is -2.37. The van der Waals surface area contributed by atoms with Crippen molar-refractivity contribution in [3.05, 3.63) is 71.1 Å². The second-order valence-electron chi connectivity index (χ2n) is 9.64. The minimum absolute atomic E-state index is 0.0249. The van der Waals surface area contributed by atoms with Crippen LogP contribution in [0.4, 0.5) is 19.1 Å². The molecule has 0 aliphatic heterocycles. The maximum absolute atomic E-state index is 13.1. The number of carboxylic acid groups (broad SMARTS) is 1. The molecular weight excluding hydrogens is 487 g/mol. The smallest absolute Gasteiger partial charge is 0.416 e. The van der Waals surface area contributed by atoms with Crippen LogP contribution in [0.3, 0.4) is 0 Å². The highest BCUT2D eigenvalue weighted by Gasteiger charge is 2.31. The lowest BCUT2D eigenvalue weighted by atomic mass is 10.0. The molecule has 200 valence electrons. The maximum atomic E-state index is 13.1. The lowest BCUT2D eigenvalue weighted by Gasteiger charge is -2.30. The quantitative estimate of drug-likeness (QED) is 0.303. The third-order valence-electron chi connectivity index (χ3n) is 6.02. The van der Waals surface area contributed by atoms with Gasteiger partial charge >= 0.3 is 12.1 Å². The van der Waals surface area contributed by atoms with E-state index < -0.39 is 23.3 Å². The summed E-state index contributed by atoms with van der Waals surface area (Å²) in [6, 6.07) is 12.0. The van der Waals surface area contributed by atoms with Gasteiger partial charge in [0.05, 0.1) is 11.6 Å². The molecule has 0 amide bonds. The molecular formula is C27H32F3N3O4. The monoisotopic (exact) mass is 519 g/mol. The van der Waals surface area contributed by atoms with Crippen LogP contribution >= 0.6 is 0 Å². The zero-order valence-electron chi connectivity index (χ0n) is 21.5. The van der Waals surface area contributed by atoms with Crippen LogP contribution in [-0.4, -0.2) is 33.4 Å². The van der Waals surface area contributed by atoms with Crippen molar-refractivity contribution in [2.24, 2.45) is 0 Å². The number of alkyl halides is 3. The first-order valence-electron chi connectivity index (χ1n) is 12.1. The molecule has 0 aliphatic rings. The molecule has 1 unspecified atom stereocenters. The Morgan fingerprint density at radius 1 is 1.08 bits per heavy atom. The van der Waals surface area contributed by atoms with Crippen LogP contribution in [0.5, 0.6) is 5.75 Å². The van der Waals surface area contributed by atoms with E-state index in [1.165, 1.54) is 26.0 Å². The number of carbonyl (C=O) groups is 1. The van der Waals surface area contributed by atoms with Gasteiger partial charge in [-0.05, 0) is 67.2 Å². The molecule has 3 aromatic rings. The van der Waals surface area contributed by atoms with Crippen molar-refractivity contribution in [3.8, 4) is 5.75 Å². The van der Waals surface area contributed by atoms with Gasteiger partial charge < -0.3 is 19.3 Å². The highest BCUT2D eigenvalue weighted by Crippen LogP contribution is 2.33. The molecule has 3 rings (SSSR count). The molecule has 0 radical (unpaired) electrons. The highest BCUT2D eigenvalue weighted by atomic mass is 19.4. The maximum Gasteiger partial charge on any atom is 0.416 e. The normalized spacial score (nSPS) is 13.0. The van der Waals surface area contributed by atoms with E-state index in [0.717, 1.165) is 17.7 Å². The van der Waals surface area contributed by atoms with Crippen molar-refractivity contribution in [1.82, 2.24) is 10.1 Å². The SMILES string of the molecule is CCC(c1ccc(C(F)(F)F)cc1)N(CCc1ccc(OC(C)(C)C(=O)O)cc1)c1noc(C(C)C)n1. The summed E-state index contributed by atoms with van der Waals surface area (Å²) in [5.41, 5.74) is -0.389. The molecule has 0 spiro atoms. The summed E-state index contributed by atoms with van der Waals surface area (Å²) in [4.78, 5) is 17.8. The van der Waals surface area contributed by atoms with Gasteiger partial charge in [0.25, 0.3) is 5.95 Å². The third-order valence-corrected chi connectivity index (χ3v) is 6.02. The Bertz CT molecular complexity index is 1170. The molecule has 37 heavy (non-hydrogen) atoms. The van der Waals surface area contributed by atoms with E-state index in [0.29, 0.717) is 42.5 Å². The average molecular weight is 520 g/mol. The molecule has 7 nitrogen and oxygen atoms in total. The zero-order valence-corrected chi connectivity index (χ0v) is 21.5. The summed E-state index contributed by atoms with van der Waals surface area (Å²) in [7, 11) is 0. The standard InChI is InChI=1S/C27H32F3N3O4/c1-6-22(19-9-11-20(12-10-19)27(28,29)30)33(25-31-23(17(2)3)37-32-25)16-15-18-7-13-21(14-8-18)36-26(4,5)24(34)35/h7-14,17,22H,6,15-16H2,1-5H3,(H,34,35). The van der Waals surface area contributed by atoms with Gasteiger partial charge in [0, 0.05) is 12.5 Å².